The summed E-state index contributed by atoms with van der Waals surface area (Å²) in [6.07, 6.45) is -0.810. The zero-order valence-electron chi connectivity index (χ0n) is 14.1. The van der Waals surface area contributed by atoms with Crippen molar-refractivity contribution >= 4 is 11.7 Å². The first kappa shape index (κ1) is 18.6. The summed E-state index contributed by atoms with van der Waals surface area (Å²) in [6, 6.07) is 12.5. The number of carbonyl (C=O) groups is 2. The number of aliphatic hydroxyl groups excluding tert-OH is 1. The lowest BCUT2D eigenvalue weighted by molar-refractivity contribution is -0.128. The molecule has 132 valence electrons. The van der Waals surface area contributed by atoms with Crippen LogP contribution in [0.15, 0.2) is 48.5 Å². The largest absolute Gasteiger partial charge is 0.496 e. The highest BCUT2D eigenvalue weighted by Crippen LogP contribution is 2.21. The average molecular weight is 345 g/mol. The van der Waals surface area contributed by atoms with E-state index >= 15 is 0 Å². The van der Waals surface area contributed by atoms with Crippen LogP contribution in [0.4, 0.5) is 4.39 Å². The molecule has 0 spiro atoms. The molecule has 0 radical (unpaired) electrons. The molecule has 2 rings (SSSR count). The molecule has 1 N–H and O–H groups in total. The topological polar surface area (TPSA) is 66.8 Å². The van der Waals surface area contributed by atoms with Crippen LogP contribution in [-0.4, -0.2) is 41.5 Å². The van der Waals surface area contributed by atoms with E-state index in [9.17, 15) is 19.1 Å². The minimum absolute atomic E-state index is 0.0168. The number of aliphatic hydroxyl groups is 1. The second-order valence-corrected chi connectivity index (χ2v) is 5.69. The quantitative estimate of drug-likeness (QED) is 0.618. The SMILES string of the molecule is COc1ccc(F)cc1C(=O)C(=O)N(Cc1ccccc1)C[C@@H](C)O. The molecule has 0 aliphatic heterocycles. The van der Waals surface area contributed by atoms with E-state index in [-0.39, 0.29) is 24.4 Å². The van der Waals surface area contributed by atoms with Crippen LogP contribution in [0.3, 0.4) is 0 Å². The maximum atomic E-state index is 13.5. The highest BCUT2D eigenvalue weighted by atomic mass is 19.1. The summed E-state index contributed by atoms with van der Waals surface area (Å²) in [4.78, 5) is 26.5. The Morgan fingerprint density at radius 3 is 2.48 bits per heavy atom. The van der Waals surface area contributed by atoms with E-state index in [1.54, 1.807) is 0 Å². The van der Waals surface area contributed by atoms with Crippen molar-refractivity contribution in [1.29, 1.82) is 0 Å². The van der Waals surface area contributed by atoms with Gasteiger partial charge >= 0.3 is 0 Å². The van der Waals surface area contributed by atoms with E-state index in [0.717, 1.165) is 17.7 Å². The maximum Gasteiger partial charge on any atom is 0.295 e. The van der Waals surface area contributed by atoms with Gasteiger partial charge < -0.3 is 14.7 Å². The number of ether oxygens (including phenoxy) is 1. The lowest BCUT2D eigenvalue weighted by atomic mass is 10.1. The molecule has 0 bridgehead atoms. The van der Waals surface area contributed by atoms with E-state index in [4.69, 9.17) is 4.74 Å². The molecule has 1 atom stereocenters. The second-order valence-electron chi connectivity index (χ2n) is 5.69. The summed E-state index contributed by atoms with van der Waals surface area (Å²) in [6.45, 7) is 1.67. The van der Waals surface area contributed by atoms with E-state index in [1.807, 2.05) is 30.3 Å². The Hall–Kier alpha value is -2.73. The third-order valence-electron chi connectivity index (χ3n) is 3.59. The molecular weight excluding hydrogens is 325 g/mol. The van der Waals surface area contributed by atoms with Gasteiger partial charge in [0.15, 0.2) is 0 Å². The smallest absolute Gasteiger partial charge is 0.295 e. The number of carbonyl (C=O) groups excluding carboxylic acids is 2. The fourth-order valence-corrected chi connectivity index (χ4v) is 2.46. The predicted molar refractivity (Wildman–Crippen MR) is 90.8 cm³/mol. The number of Topliss-reactive ketones (excluding diaryl/α,β-unsaturated/α-hetero) is 1. The van der Waals surface area contributed by atoms with Gasteiger partial charge in [-0.15, -0.1) is 0 Å². The van der Waals surface area contributed by atoms with Crippen LogP contribution in [0.2, 0.25) is 0 Å². The monoisotopic (exact) mass is 345 g/mol. The van der Waals surface area contributed by atoms with Crippen molar-refractivity contribution in [3.8, 4) is 5.75 Å². The van der Waals surface area contributed by atoms with Gasteiger partial charge in [-0.3, -0.25) is 9.59 Å². The van der Waals surface area contributed by atoms with E-state index in [1.165, 1.54) is 25.0 Å². The van der Waals surface area contributed by atoms with Crippen LogP contribution in [0.1, 0.15) is 22.8 Å². The predicted octanol–water partition coefficient (Wildman–Crippen LogP) is 2.43. The first-order valence-corrected chi connectivity index (χ1v) is 7.81. The Balaban J connectivity index is 2.29. The lowest BCUT2D eigenvalue weighted by Gasteiger charge is -2.24. The molecule has 0 fully saturated rings. The summed E-state index contributed by atoms with van der Waals surface area (Å²) in [5.41, 5.74) is 0.673. The van der Waals surface area contributed by atoms with Crippen molar-refractivity contribution in [3.05, 3.63) is 65.5 Å². The molecule has 0 saturated heterocycles. The zero-order chi connectivity index (χ0) is 18.4. The van der Waals surface area contributed by atoms with E-state index in [0.29, 0.717) is 0 Å². The second kappa shape index (κ2) is 8.39. The number of halogens is 1. The standard InChI is InChI=1S/C19H20FNO4/c1-13(22)11-21(12-14-6-4-3-5-7-14)19(24)18(23)16-10-15(20)8-9-17(16)25-2/h3-10,13,22H,11-12H2,1-2H3/t13-/m1/s1. The van der Waals surface area contributed by atoms with Gasteiger partial charge in [0.1, 0.15) is 11.6 Å². The minimum Gasteiger partial charge on any atom is -0.496 e. The molecule has 0 heterocycles. The Kier molecular flexibility index (Phi) is 6.25. The number of ketones is 1. The summed E-state index contributed by atoms with van der Waals surface area (Å²) in [7, 11) is 1.34. The summed E-state index contributed by atoms with van der Waals surface area (Å²) in [5.74, 6) is -2.22. The van der Waals surface area contributed by atoms with Crippen molar-refractivity contribution in [3.63, 3.8) is 0 Å². The van der Waals surface area contributed by atoms with Crippen molar-refractivity contribution in [1.82, 2.24) is 4.90 Å². The highest BCUT2D eigenvalue weighted by molar-refractivity contribution is 6.43. The number of methoxy groups -OCH3 is 1. The molecule has 0 aromatic heterocycles. The molecule has 0 unspecified atom stereocenters. The Bertz CT molecular complexity index is 746. The molecule has 0 saturated carbocycles. The zero-order valence-corrected chi connectivity index (χ0v) is 14.1. The number of amides is 1. The number of hydrogen-bond acceptors (Lipinski definition) is 4. The van der Waals surface area contributed by atoms with Gasteiger partial charge in [-0.05, 0) is 30.7 Å². The van der Waals surface area contributed by atoms with Crippen LogP contribution in [-0.2, 0) is 11.3 Å². The fourth-order valence-electron chi connectivity index (χ4n) is 2.46. The molecule has 6 heteroatoms. The van der Waals surface area contributed by atoms with Crippen LogP contribution < -0.4 is 4.74 Å². The summed E-state index contributed by atoms with van der Waals surface area (Å²) < 4.78 is 18.5. The van der Waals surface area contributed by atoms with E-state index < -0.39 is 23.6 Å². The van der Waals surface area contributed by atoms with Gasteiger partial charge in [-0.1, -0.05) is 30.3 Å². The van der Waals surface area contributed by atoms with Crippen LogP contribution in [0, 0.1) is 5.82 Å². The van der Waals surface area contributed by atoms with Gasteiger partial charge in [-0.2, -0.15) is 0 Å². The van der Waals surface area contributed by atoms with Gasteiger partial charge in [-0.25, -0.2) is 4.39 Å². The van der Waals surface area contributed by atoms with Gasteiger partial charge in [0, 0.05) is 13.1 Å². The summed E-state index contributed by atoms with van der Waals surface area (Å²) in [5, 5.41) is 9.66. The molecule has 2 aromatic rings. The first-order valence-electron chi connectivity index (χ1n) is 7.81. The molecule has 1 amide bonds. The third-order valence-corrected chi connectivity index (χ3v) is 3.59. The normalized spacial score (nSPS) is 11.7. The number of nitrogens with zero attached hydrogens (tertiary/aromatic N) is 1. The van der Waals surface area contributed by atoms with Crippen LogP contribution in [0.25, 0.3) is 0 Å². The Morgan fingerprint density at radius 1 is 1.20 bits per heavy atom. The maximum absolute atomic E-state index is 13.5. The van der Waals surface area contributed by atoms with Crippen molar-refractivity contribution < 1.29 is 23.8 Å². The minimum atomic E-state index is -0.882. The molecule has 5 nitrogen and oxygen atoms in total. The van der Waals surface area contributed by atoms with Crippen LogP contribution in [0.5, 0.6) is 5.75 Å². The number of benzene rings is 2. The molecule has 0 aliphatic carbocycles. The Labute approximate surface area is 145 Å². The molecular formula is C19H20FNO4. The number of rotatable bonds is 7. The van der Waals surface area contributed by atoms with Gasteiger partial charge in [0.2, 0.25) is 0 Å². The van der Waals surface area contributed by atoms with Gasteiger partial charge in [0.25, 0.3) is 11.7 Å². The highest BCUT2D eigenvalue weighted by Gasteiger charge is 2.27. The van der Waals surface area contributed by atoms with Gasteiger partial charge in [0.05, 0.1) is 18.8 Å². The summed E-state index contributed by atoms with van der Waals surface area (Å²) >= 11 is 0. The van der Waals surface area contributed by atoms with Crippen LogP contribution >= 0.6 is 0 Å². The number of hydrogen-bond donors (Lipinski definition) is 1. The molecule has 2 aromatic carbocycles. The lowest BCUT2D eigenvalue weighted by Crippen LogP contribution is -2.40. The Morgan fingerprint density at radius 2 is 1.88 bits per heavy atom. The first-order chi connectivity index (χ1) is 11.9. The average Bonchev–Trinajstić information content (AvgIpc) is 2.60. The van der Waals surface area contributed by atoms with Crippen molar-refractivity contribution in [2.24, 2.45) is 0 Å². The molecule has 25 heavy (non-hydrogen) atoms. The fraction of sp³-hybridized carbons (Fsp3) is 0.263. The van der Waals surface area contributed by atoms with Crippen molar-refractivity contribution in [2.75, 3.05) is 13.7 Å². The molecule has 0 aliphatic rings. The van der Waals surface area contributed by atoms with E-state index in [2.05, 4.69) is 0 Å². The third kappa shape index (κ3) is 4.87. The van der Waals surface area contributed by atoms with Crippen molar-refractivity contribution in [2.45, 2.75) is 19.6 Å².